The summed E-state index contributed by atoms with van der Waals surface area (Å²) < 4.78 is 0. The topological polar surface area (TPSA) is 116 Å². The number of amides is 3. The number of hydrogen-bond acceptors (Lipinski definition) is 6. The third-order valence-corrected chi connectivity index (χ3v) is 6.43. The quantitative estimate of drug-likeness (QED) is 0.251. The first-order valence-corrected chi connectivity index (χ1v) is 13.4. The number of carbonyl (C=O) groups excluding carboxylic acids is 2. The summed E-state index contributed by atoms with van der Waals surface area (Å²) >= 11 is 4.34. The molecule has 1 heterocycles. The molecular formula is C27H37N7O2S. The Labute approximate surface area is 224 Å². The van der Waals surface area contributed by atoms with Crippen LogP contribution in [0, 0.1) is 11.8 Å². The molecule has 0 aliphatic heterocycles. The van der Waals surface area contributed by atoms with Crippen molar-refractivity contribution in [1.29, 1.82) is 0 Å². The smallest absolute Gasteiger partial charge is 0.317 e. The van der Waals surface area contributed by atoms with Crippen molar-refractivity contribution in [3.05, 3.63) is 54.1 Å². The largest absolute Gasteiger partial charge is 0.354 e. The lowest BCUT2D eigenvalue weighted by molar-refractivity contribution is -0.124. The van der Waals surface area contributed by atoms with Crippen molar-refractivity contribution in [1.82, 2.24) is 36.2 Å². The van der Waals surface area contributed by atoms with Crippen molar-refractivity contribution in [3.8, 4) is 22.5 Å². The molecule has 1 aromatic heterocycles. The summed E-state index contributed by atoms with van der Waals surface area (Å²) in [5.74, 6) is 1.32. The number of benzene rings is 2. The van der Waals surface area contributed by atoms with E-state index >= 15 is 0 Å². The Hall–Kier alpha value is -3.40. The van der Waals surface area contributed by atoms with Crippen LogP contribution in [-0.4, -0.2) is 62.8 Å². The molecule has 0 aliphatic carbocycles. The van der Waals surface area contributed by atoms with Gasteiger partial charge in [-0.05, 0) is 40.7 Å². The van der Waals surface area contributed by atoms with Crippen LogP contribution in [0.5, 0.6) is 0 Å². The van der Waals surface area contributed by atoms with Gasteiger partial charge in [-0.2, -0.15) is 17.8 Å². The molecule has 0 spiro atoms. The lowest BCUT2D eigenvalue weighted by Crippen LogP contribution is -2.44. The average Bonchev–Trinajstić information content (AvgIpc) is 3.45. The van der Waals surface area contributed by atoms with Gasteiger partial charge in [0.25, 0.3) is 0 Å². The Balaban J connectivity index is 1.68. The van der Waals surface area contributed by atoms with Crippen LogP contribution in [-0.2, 0) is 11.3 Å². The summed E-state index contributed by atoms with van der Waals surface area (Å²) in [6.07, 6.45) is 1.64. The third-order valence-electron chi connectivity index (χ3n) is 5.99. The number of nitrogens with one attached hydrogen (secondary N) is 3. The van der Waals surface area contributed by atoms with E-state index in [4.69, 9.17) is 0 Å². The number of nitrogens with zero attached hydrogens (tertiary/aromatic N) is 4. The van der Waals surface area contributed by atoms with Gasteiger partial charge in [0.2, 0.25) is 11.7 Å². The molecule has 0 aliphatic rings. The van der Waals surface area contributed by atoms with Crippen molar-refractivity contribution in [3.63, 3.8) is 0 Å². The molecule has 3 N–H and O–H groups in total. The maximum absolute atomic E-state index is 12.8. The fourth-order valence-electron chi connectivity index (χ4n) is 4.10. The molecule has 0 fully saturated rings. The van der Waals surface area contributed by atoms with Crippen LogP contribution in [0.15, 0.2) is 48.5 Å². The Morgan fingerprint density at radius 1 is 1.03 bits per heavy atom. The first kappa shape index (κ1) is 28.2. The van der Waals surface area contributed by atoms with Crippen molar-refractivity contribution < 1.29 is 9.59 Å². The molecule has 9 nitrogen and oxygen atoms in total. The van der Waals surface area contributed by atoms with Gasteiger partial charge in [-0.25, -0.2) is 4.79 Å². The van der Waals surface area contributed by atoms with Gasteiger partial charge >= 0.3 is 6.03 Å². The zero-order valence-electron chi connectivity index (χ0n) is 21.8. The average molecular weight is 524 g/mol. The molecule has 37 heavy (non-hydrogen) atoms. The lowest BCUT2D eigenvalue weighted by atomic mass is 9.98. The Bertz CT molecular complexity index is 1120. The molecule has 2 aromatic carbocycles. The highest BCUT2D eigenvalue weighted by Crippen LogP contribution is 2.29. The second-order valence-electron chi connectivity index (χ2n) is 9.43. The van der Waals surface area contributed by atoms with E-state index in [1.165, 1.54) is 0 Å². The number of tetrazole rings is 1. The Kier molecular flexibility index (Phi) is 10.9. The summed E-state index contributed by atoms with van der Waals surface area (Å²) in [7, 11) is 0. The van der Waals surface area contributed by atoms with E-state index in [9.17, 15) is 9.59 Å². The first-order valence-electron chi connectivity index (χ1n) is 12.8. The summed E-state index contributed by atoms with van der Waals surface area (Å²) in [6.45, 7) is 8.03. The molecule has 3 amide bonds. The molecule has 1 unspecified atom stereocenters. The fourth-order valence-corrected chi connectivity index (χ4v) is 4.42. The van der Waals surface area contributed by atoms with Crippen molar-refractivity contribution >= 4 is 24.6 Å². The van der Waals surface area contributed by atoms with E-state index in [1.807, 2.05) is 55.5 Å². The summed E-state index contributed by atoms with van der Waals surface area (Å²) in [5.41, 5.74) is 3.89. The van der Waals surface area contributed by atoms with Crippen molar-refractivity contribution in [2.45, 2.75) is 40.2 Å². The highest BCUT2D eigenvalue weighted by Gasteiger charge is 2.19. The second kappa shape index (κ2) is 14.4. The monoisotopic (exact) mass is 523 g/mol. The highest BCUT2D eigenvalue weighted by atomic mass is 32.1. The van der Waals surface area contributed by atoms with Gasteiger partial charge in [-0.15, -0.1) is 10.2 Å². The highest BCUT2D eigenvalue weighted by molar-refractivity contribution is 7.80. The third kappa shape index (κ3) is 8.31. The van der Waals surface area contributed by atoms with Gasteiger partial charge in [0.1, 0.15) is 0 Å². The van der Waals surface area contributed by atoms with E-state index in [2.05, 4.69) is 57.7 Å². The van der Waals surface area contributed by atoms with Crippen molar-refractivity contribution in [2.75, 3.05) is 25.4 Å². The van der Waals surface area contributed by atoms with Crippen molar-refractivity contribution in [2.24, 2.45) is 11.8 Å². The number of hydrogen-bond donors (Lipinski definition) is 4. The Morgan fingerprint density at radius 3 is 2.38 bits per heavy atom. The van der Waals surface area contributed by atoms with Crippen LogP contribution in [0.2, 0.25) is 0 Å². The molecule has 198 valence electrons. The minimum Gasteiger partial charge on any atom is -0.354 e. The molecule has 0 radical (unpaired) electrons. The van der Waals surface area contributed by atoms with Crippen LogP contribution in [0.3, 0.4) is 0 Å². The van der Waals surface area contributed by atoms with Gasteiger partial charge in [0.15, 0.2) is 0 Å². The van der Waals surface area contributed by atoms with E-state index < -0.39 is 0 Å². The Morgan fingerprint density at radius 2 is 1.76 bits per heavy atom. The van der Waals surface area contributed by atoms with Gasteiger partial charge < -0.3 is 15.5 Å². The number of thiol groups is 1. The van der Waals surface area contributed by atoms with E-state index in [-0.39, 0.29) is 17.9 Å². The number of carbonyl (C=O) groups is 2. The summed E-state index contributed by atoms with van der Waals surface area (Å²) in [6, 6.07) is 15.8. The van der Waals surface area contributed by atoms with Gasteiger partial charge in [0, 0.05) is 43.4 Å². The van der Waals surface area contributed by atoms with Crippen LogP contribution in [0.4, 0.5) is 4.79 Å². The standard InChI is InChI=1S/C27H37N7O2S/c1-4-13-29-27(36)34(15-14-28-26(35)22(18-37)16-19(2)3)17-20-9-11-21(12-10-20)23-7-5-6-8-24(23)25-30-32-33-31-25/h5-12,19,22,37H,4,13-18H2,1-3H3,(H,28,35)(H,29,36)(H,30,31,32,33). The molecule has 10 heteroatoms. The molecule has 0 bridgehead atoms. The van der Waals surface area contributed by atoms with E-state index in [0.29, 0.717) is 43.7 Å². The molecule has 0 saturated heterocycles. The zero-order chi connectivity index (χ0) is 26.6. The van der Waals surface area contributed by atoms with Crippen LogP contribution in [0.1, 0.15) is 39.2 Å². The molecule has 3 rings (SSSR count). The van der Waals surface area contributed by atoms with Crippen LogP contribution < -0.4 is 10.6 Å². The molecule has 3 aromatic rings. The maximum Gasteiger partial charge on any atom is 0.317 e. The van der Waals surface area contributed by atoms with Gasteiger partial charge in [-0.3, -0.25) is 4.79 Å². The number of H-pyrrole nitrogens is 1. The maximum atomic E-state index is 12.8. The normalized spacial score (nSPS) is 11.8. The molecule has 0 saturated carbocycles. The SMILES string of the molecule is CCCNC(=O)N(CCNC(=O)C(CS)CC(C)C)Cc1ccc(-c2ccccc2-c2nn[nH]n2)cc1. The first-order chi connectivity index (χ1) is 17.9. The zero-order valence-corrected chi connectivity index (χ0v) is 22.7. The number of aromatic nitrogens is 4. The fraction of sp³-hybridized carbons (Fsp3) is 0.444. The van der Waals surface area contributed by atoms with Crippen LogP contribution >= 0.6 is 12.6 Å². The predicted octanol–water partition coefficient (Wildman–Crippen LogP) is 4.16. The molecule has 1 atom stereocenters. The number of urea groups is 1. The van der Waals surface area contributed by atoms with E-state index in [1.54, 1.807) is 4.90 Å². The number of rotatable bonds is 13. The minimum atomic E-state index is -0.143. The van der Waals surface area contributed by atoms with Gasteiger partial charge in [-0.1, -0.05) is 69.3 Å². The van der Waals surface area contributed by atoms with E-state index in [0.717, 1.165) is 35.1 Å². The summed E-state index contributed by atoms with van der Waals surface area (Å²) in [5, 5.41) is 20.3. The lowest BCUT2D eigenvalue weighted by Gasteiger charge is -2.24. The minimum absolute atomic E-state index is 0.0118. The molecular weight excluding hydrogens is 486 g/mol. The van der Waals surface area contributed by atoms with Gasteiger partial charge in [0.05, 0.1) is 0 Å². The summed E-state index contributed by atoms with van der Waals surface area (Å²) in [4.78, 5) is 27.2. The van der Waals surface area contributed by atoms with Crippen LogP contribution in [0.25, 0.3) is 22.5 Å². The second-order valence-corrected chi connectivity index (χ2v) is 9.80. The number of aromatic amines is 1. The predicted molar refractivity (Wildman–Crippen MR) is 149 cm³/mol.